The lowest BCUT2D eigenvalue weighted by Crippen LogP contribution is -2.15. The van der Waals surface area contributed by atoms with E-state index in [9.17, 15) is 31.4 Å². The summed E-state index contributed by atoms with van der Waals surface area (Å²) in [4.78, 5) is 0. The zero-order valence-electron chi connectivity index (χ0n) is 17.6. The Hall–Kier alpha value is -3.76. The molecule has 178 valence electrons. The molecule has 0 saturated heterocycles. The van der Waals surface area contributed by atoms with Crippen LogP contribution in [0.25, 0.3) is 16.8 Å². The van der Waals surface area contributed by atoms with Gasteiger partial charge in [0.15, 0.2) is 0 Å². The van der Waals surface area contributed by atoms with E-state index in [0.29, 0.717) is 11.6 Å². The van der Waals surface area contributed by atoms with Crippen LogP contribution in [0.4, 0.5) is 32.3 Å². The van der Waals surface area contributed by atoms with Gasteiger partial charge in [-0.2, -0.15) is 26.3 Å². The Bertz CT molecular complexity index is 1330. The van der Waals surface area contributed by atoms with Crippen molar-refractivity contribution in [1.29, 1.82) is 0 Å². The summed E-state index contributed by atoms with van der Waals surface area (Å²) >= 11 is 0. The average Bonchev–Trinajstić information content (AvgIpc) is 3.23. The fourth-order valence-electron chi connectivity index (χ4n) is 3.68. The van der Waals surface area contributed by atoms with E-state index in [0.717, 1.165) is 17.7 Å². The highest BCUT2D eigenvalue weighted by molar-refractivity contribution is 5.80. The van der Waals surface area contributed by atoms with Crippen LogP contribution in [0.3, 0.4) is 0 Å². The molecule has 0 aliphatic rings. The number of hydrogen-bond acceptors (Lipinski definition) is 4. The van der Waals surface area contributed by atoms with E-state index in [-0.39, 0.29) is 29.0 Å². The number of phenols is 1. The van der Waals surface area contributed by atoms with Gasteiger partial charge in [-0.25, -0.2) is 0 Å². The summed E-state index contributed by atoms with van der Waals surface area (Å²) < 4.78 is 80.5. The van der Waals surface area contributed by atoms with E-state index >= 15 is 0 Å². The summed E-state index contributed by atoms with van der Waals surface area (Å²) in [6.45, 7) is 1.82. The molecule has 0 saturated carbocycles. The zero-order valence-corrected chi connectivity index (χ0v) is 17.6. The fourth-order valence-corrected chi connectivity index (χ4v) is 3.68. The van der Waals surface area contributed by atoms with Crippen LogP contribution in [-0.2, 0) is 12.6 Å². The first kappa shape index (κ1) is 23.4. The predicted molar refractivity (Wildman–Crippen MR) is 113 cm³/mol. The van der Waals surface area contributed by atoms with Crippen LogP contribution in [0.2, 0.25) is 0 Å². The second kappa shape index (κ2) is 8.54. The van der Waals surface area contributed by atoms with Crippen LogP contribution < -0.4 is 5.32 Å². The number of rotatable bonds is 5. The van der Waals surface area contributed by atoms with Gasteiger partial charge in [0, 0.05) is 11.8 Å². The second-order valence-electron chi connectivity index (χ2n) is 7.76. The number of halogens is 6. The lowest BCUT2D eigenvalue weighted by Gasteiger charge is -2.18. The van der Waals surface area contributed by atoms with E-state index in [1.807, 2.05) is 6.92 Å². The standard InChI is InChI=1S/C23H18F6N4O/c1-13(14-4-2-5-17(34)11-14)30-21-32-31-20(19-6-3-9-33(19)21)18-8-7-16(23(27,28)29)10-15(18)12-22(24,25)26/h2-11,13,34H,12H2,1H3,(H,30,32). The van der Waals surface area contributed by atoms with Gasteiger partial charge in [-0.3, -0.25) is 4.40 Å². The molecule has 11 heteroatoms. The number of nitrogens with one attached hydrogen (secondary N) is 1. The lowest BCUT2D eigenvalue weighted by molar-refractivity contribution is -0.138. The number of anilines is 1. The van der Waals surface area contributed by atoms with Crippen molar-refractivity contribution in [3.8, 4) is 17.0 Å². The van der Waals surface area contributed by atoms with E-state index in [2.05, 4.69) is 15.5 Å². The fraction of sp³-hybridized carbons (Fsp3) is 0.217. The van der Waals surface area contributed by atoms with Crippen molar-refractivity contribution in [3.63, 3.8) is 0 Å². The summed E-state index contributed by atoms with van der Waals surface area (Å²) in [6.07, 6.45) is -9.44. The van der Waals surface area contributed by atoms with Crippen LogP contribution in [-0.4, -0.2) is 25.9 Å². The highest BCUT2D eigenvalue weighted by Crippen LogP contribution is 2.37. The number of aromatic hydroxyl groups is 1. The first-order valence-electron chi connectivity index (χ1n) is 10.1. The number of aromatic nitrogens is 3. The molecule has 0 amide bonds. The van der Waals surface area contributed by atoms with Gasteiger partial charge >= 0.3 is 12.4 Å². The Labute approximate surface area is 189 Å². The Morgan fingerprint density at radius 1 is 0.971 bits per heavy atom. The van der Waals surface area contributed by atoms with E-state index in [1.54, 1.807) is 40.9 Å². The minimum absolute atomic E-state index is 0.0218. The summed E-state index contributed by atoms with van der Waals surface area (Å²) in [6, 6.07) is 11.7. The lowest BCUT2D eigenvalue weighted by atomic mass is 9.98. The summed E-state index contributed by atoms with van der Waals surface area (Å²) in [5.41, 5.74) is -0.672. The maximum Gasteiger partial charge on any atom is 0.416 e. The molecule has 2 N–H and O–H groups in total. The monoisotopic (exact) mass is 480 g/mol. The van der Waals surface area contributed by atoms with Crippen molar-refractivity contribution < 1.29 is 31.4 Å². The molecule has 2 heterocycles. The highest BCUT2D eigenvalue weighted by Gasteiger charge is 2.34. The molecule has 1 atom stereocenters. The second-order valence-corrected chi connectivity index (χ2v) is 7.76. The quantitative estimate of drug-likeness (QED) is 0.325. The minimum atomic E-state index is -4.79. The molecule has 4 aromatic rings. The summed E-state index contributed by atoms with van der Waals surface area (Å²) in [7, 11) is 0. The average molecular weight is 480 g/mol. The largest absolute Gasteiger partial charge is 0.508 e. The molecule has 0 fully saturated rings. The Morgan fingerprint density at radius 3 is 2.41 bits per heavy atom. The molecule has 4 rings (SSSR count). The van der Waals surface area contributed by atoms with Crippen LogP contribution >= 0.6 is 0 Å². The molecular weight excluding hydrogens is 462 g/mol. The third-order valence-corrected chi connectivity index (χ3v) is 5.26. The van der Waals surface area contributed by atoms with Crippen molar-refractivity contribution >= 4 is 11.5 Å². The van der Waals surface area contributed by atoms with Crippen molar-refractivity contribution in [2.24, 2.45) is 0 Å². The van der Waals surface area contributed by atoms with E-state index in [4.69, 9.17) is 0 Å². The third kappa shape index (κ3) is 4.92. The molecule has 0 radical (unpaired) electrons. The van der Waals surface area contributed by atoms with Gasteiger partial charge in [0.2, 0.25) is 5.95 Å². The first-order chi connectivity index (χ1) is 15.9. The first-order valence-corrected chi connectivity index (χ1v) is 10.1. The smallest absolute Gasteiger partial charge is 0.416 e. The van der Waals surface area contributed by atoms with Crippen LogP contribution in [0, 0.1) is 0 Å². The molecule has 2 aromatic carbocycles. The third-order valence-electron chi connectivity index (χ3n) is 5.26. The molecule has 0 spiro atoms. The molecule has 1 unspecified atom stereocenters. The minimum Gasteiger partial charge on any atom is -0.508 e. The van der Waals surface area contributed by atoms with Crippen molar-refractivity contribution in [1.82, 2.24) is 14.6 Å². The van der Waals surface area contributed by atoms with E-state index < -0.39 is 29.9 Å². The van der Waals surface area contributed by atoms with Gasteiger partial charge in [0.25, 0.3) is 0 Å². The number of fused-ring (bicyclic) bond motifs is 1. The molecule has 0 aliphatic carbocycles. The Kier molecular flexibility index (Phi) is 5.88. The van der Waals surface area contributed by atoms with Gasteiger partial charge in [0.1, 0.15) is 11.4 Å². The maximum absolute atomic E-state index is 13.2. The van der Waals surface area contributed by atoms with Gasteiger partial charge in [-0.05, 0) is 54.4 Å². The Balaban J connectivity index is 1.77. The number of alkyl halides is 6. The van der Waals surface area contributed by atoms with Crippen molar-refractivity contribution in [2.75, 3.05) is 5.32 Å². The number of benzene rings is 2. The topological polar surface area (TPSA) is 62.5 Å². The van der Waals surface area contributed by atoms with Gasteiger partial charge in [-0.15, -0.1) is 10.2 Å². The van der Waals surface area contributed by atoms with Gasteiger partial charge < -0.3 is 10.4 Å². The highest BCUT2D eigenvalue weighted by atomic mass is 19.4. The van der Waals surface area contributed by atoms with Gasteiger partial charge in [0.05, 0.1) is 23.5 Å². The normalized spacial score (nSPS) is 13.3. The SMILES string of the molecule is CC(Nc1nnc(-c2ccc(C(F)(F)F)cc2CC(F)(F)F)c2cccn12)c1cccc(O)c1. The number of phenolic OH excluding ortho intramolecular Hbond substituents is 1. The Morgan fingerprint density at radius 2 is 1.74 bits per heavy atom. The molecular formula is C23H18F6N4O. The van der Waals surface area contributed by atoms with Crippen LogP contribution in [0.15, 0.2) is 60.8 Å². The van der Waals surface area contributed by atoms with Crippen molar-refractivity contribution in [2.45, 2.75) is 31.7 Å². The van der Waals surface area contributed by atoms with Crippen molar-refractivity contribution in [3.05, 3.63) is 77.5 Å². The number of hydrogen-bond donors (Lipinski definition) is 2. The zero-order chi connectivity index (χ0) is 24.7. The summed E-state index contributed by atoms with van der Waals surface area (Å²) in [5, 5.41) is 21.0. The molecule has 34 heavy (non-hydrogen) atoms. The van der Waals surface area contributed by atoms with Crippen LogP contribution in [0.5, 0.6) is 5.75 Å². The molecule has 2 aromatic heterocycles. The van der Waals surface area contributed by atoms with Gasteiger partial charge in [-0.1, -0.05) is 18.2 Å². The van der Waals surface area contributed by atoms with E-state index in [1.165, 1.54) is 6.07 Å². The molecule has 0 bridgehead atoms. The summed E-state index contributed by atoms with van der Waals surface area (Å²) in [5.74, 6) is 0.349. The molecule has 5 nitrogen and oxygen atoms in total. The molecule has 0 aliphatic heterocycles. The number of nitrogens with zero attached hydrogens (tertiary/aromatic N) is 3. The predicted octanol–water partition coefficient (Wildman–Crippen LogP) is 6.40. The van der Waals surface area contributed by atoms with Crippen LogP contribution in [0.1, 0.15) is 29.7 Å². The maximum atomic E-state index is 13.2.